The molecule has 1 saturated carbocycles. The van der Waals surface area contributed by atoms with Gasteiger partial charge in [0.2, 0.25) is 0 Å². The molecule has 2 aliphatic rings. The van der Waals surface area contributed by atoms with Crippen molar-refractivity contribution in [2.75, 3.05) is 19.6 Å². The van der Waals surface area contributed by atoms with Crippen LogP contribution >= 0.6 is 11.3 Å². The molecule has 1 aliphatic heterocycles. The number of carboxylic acids is 1. The molecule has 0 radical (unpaired) electrons. The van der Waals surface area contributed by atoms with Gasteiger partial charge in [0, 0.05) is 24.2 Å². The largest absolute Gasteiger partial charge is 0.490 e. The number of aromatic nitrogens is 3. The molecule has 3 aromatic rings. The first-order valence-electron chi connectivity index (χ1n) is 10.2. The van der Waals surface area contributed by atoms with Crippen molar-refractivity contribution in [3.05, 3.63) is 41.0 Å². The highest BCUT2D eigenvalue weighted by atomic mass is 32.1. The second kappa shape index (κ2) is 8.96. The lowest BCUT2D eigenvalue weighted by Gasteiger charge is -2.30. The van der Waals surface area contributed by atoms with Crippen LogP contribution in [-0.2, 0) is 4.79 Å². The van der Waals surface area contributed by atoms with Gasteiger partial charge in [-0.25, -0.2) is 14.3 Å². The zero-order valence-electron chi connectivity index (χ0n) is 16.8. The lowest BCUT2D eigenvalue weighted by molar-refractivity contribution is -0.192. The molecule has 3 aromatic heterocycles. The van der Waals surface area contributed by atoms with Crippen LogP contribution in [0.1, 0.15) is 37.4 Å². The van der Waals surface area contributed by atoms with Crippen LogP contribution in [0, 0.1) is 5.92 Å². The molecule has 10 heteroatoms. The fourth-order valence-electron chi connectivity index (χ4n) is 3.71. The predicted molar refractivity (Wildman–Crippen MR) is 111 cm³/mol. The number of carbonyl (C=O) groups is 1. The molecule has 2 fully saturated rings. The Morgan fingerprint density at radius 3 is 2.42 bits per heavy atom. The van der Waals surface area contributed by atoms with Crippen LogP contribution in [0.25, 0.3) is 16.8 Å². The predicted octanol–water partition coefficient (Wildman–Crippen LogP) is 4.68. The van der Waals surface area contributed by atoms with E-state index < -0.39 is 12.1 Å². The molecule has 0 bridgehead atoms. The second-order valence-corrected chi connectivity index (χ2v) is 8.80. The van der Waals surface area contributed by atoms with Gasteiger partial charge in [0.1, 0.15) is 0 Å². The van der Waals surface area contributed by atoms with Crippen molar-refractivity contribution >= 4 is 23.0 Å². The van der Waals surface area contributed by atoms with Crippen molar-refractivity contribution in [1.82, 2.24) is 19.5 Å². The SMILES string of the molecule is O=C(O)C(F)(F)F.c1cc(-c2ccc3nc(C4CCN(CC5CC5)CC4)nn3c2)cs1. The number of fused-ring (bicyclic) bond motifs is 1. The van der Waals surface area contributed by atoms with E-state index in [1.807, 2.05) is 4.52 Å². The van der Waals surface area contributed by atoms with Gasteiger partial charge in [-0.2, -0.15) is 29.6 Å². The third kappa shape index (κ3) is 5.62. The summed E-state index contributed by atoms with van der Waals surface area (Å²) in [6.45, 7) is 3.73. The van der Waals surface area contributed by atoms with Crippen LogP contribution in [0.15, 0.2) is 35.2 Å². The topological polar surface area (TPSA) is 70.7 Å². The van der Waals surface area contributed by atoms with E-state index >= 15 is 0 Å². The monoisotopic (exact) mass is 452 g/mol. The summed E-state index contributed by atoms with van der Waals surface area (Å²) in [5.41, 5.74) is 3.43. The minimum Gasteiger partial charge on any atom is -0.475 e. The molecule has 1 aliphatic carbocycles. The zero-order chi connectivity index (χ0) is 22.0. The minimum absolute atomic E-state index is 0.518. The molecule has 1 N–H and O–H groups in total. The van der Waals surface area contributed by atoms with Gasteiger partial charge in [0.15, 0.2) is 11.5 Å². The van der Waals surface area contributed by atoms with Crippen molar-refractivity contribution in [3.63, 3.8) is 0 Å². The summed E-state index contributed by atoms with van der Waals surface area (Å²) in [6, 6.07) is 6.39. The number of alkyl halides is 3. The standard InChI is InChI=1S/C19H22N4S.C2HF3O2/c1-2-14(1)11-22-8-5-15(6-9-22)19-20-18-4-3-16(12-23(18)21-19)17-7-10-24-13-17;3-2(4,5)1(6)7/h3-4,7,10,12-15H,1-2,5-6,8-9,11H2;(H,6,7). The summed E-state index contributed by atoms with van der Waals surface area (Å²) in [4.78, 5) is 16.3. The van der Waals surface area contributed by atoms with Crippen molar-refractivity contribution in [3.8, 4) is 11.1 Å². The first-order valence-corrected chi connectivity index (χ1v) is 11.2. The number of hydrogen-bond donors (Lipinski definition) is 1. The van der Waals surface area contributed by atoms with Crippen molar-refractivity contribution in [1.29, 1.82) is 0 Å². The molecule has 166 valence electrons. The zero-order valence-corrected chi connectivity index (χ0v) is 17.6. The molecule has 1 saturated heterocycles. The number of aliphatic carboxylic acids is 1. The number of likely N-dealkylation sites (tertiary alicyclic amines) is 1. The van der Waals surface area contributed by atoms with Crippen LogP contribution in [-0.4, -0.2) is 56.4 Å². The fourth-order valence-corrected chi connectivity index (χ4v) is 4.38. The molecule has 0 spiro atoms. The van der Waals surface area contributed by atoms with E-state index in [0.29, 0.717) is 5.92 Å². The van der Waals surface area contributed by atoms with Crippen LogP contribution in [0.5, 0.6) is 0 Å². The van der Waals surface area contributed by atoms with Gasteiger partial charge in [0.05, 0.1) is 0 Å². The number of pyridine rings is 1. The molecule has 6 nitrogen and oxygen atoms in total. The molecule has 31 heavy (non-hydrogen) atoms. The average molecular weight is 453 g/mol. The molecule has 0 unspecified atom stereocenters. The molecule has 0 aromatic carbocycles. The maximum absolute atomic E-state index is 10.6. The van der Waals surface area contributed by atoms with Crippen LogP contribution in [0.3, 0.4) is 0 Å². The van der Waals surface area contributed by atoms with Crippen LogP contribution < -0.4 is 0 Å². The third-order valence-electron chi connectivity index (χ3n) is 5.61. The van der Waals surface area contributed by atoms with Gasteiger partial charge < -0.3 is 10.0 Å². The Morgan fingerprint density at radius 2 is 1.84 bits per heavy atom. The first kappa shape index (κ1) is 21.8. The Hall–Kier alpha value is -2.46. The Bertz CT molecular complexity index is 1020. The van der Waals surface area contributed by atoms with E-state index in [1.165, 1.54) is 56.4 Å². The van der Waals surface area contributed by atoms with E-state index in [2.05, 4.69) is 40.1 Å². The maximum Gasteiger partial charge on any atom is 0.490 e. The second-order valence-electron chi connectivity index (χ2n) is 8.02. The van der Waals surface area contributed by atoms with Crippen molar-refractivity contribution in [2.24, 2.45) is 5.92 Å². The van der Waals surface area contributed by atoms with E-state index in [4.69, 9.17) is 20.0 Å². The molecule has 4 heterocycles. The van der Waals surface area contributed by atoms with Crippen LogP contribution in [0.4, 0.5) is 13.2 Å². The molecule has 0 amide bonds. The number of carboxylic acid groups (broad SMARTS) is 1. The highest BCUT2D eigenvalue weighted by Crippen LogP contribution is 2.33. The molecular weight excluding hydrogens is 429 g/mol. The van der Waals surface area contributed by atoms with Gasteiger partial charge in [-0.15, -0.1) is 0 Å². The van der Waals surface area contributed by atoms with Crippen molar-refractivity contribution in [2.45, 2.75) is 37.8 Å². The Balaban J connectivity index is 0.000000289. The van der Waals surface area contributed by atoms with E-state index in [9.17, 15) is 13.2 Å². The number of rotatable bonds is 4. The molecule has 5 rings (SSSR count). The van der Waals surface area contributed by atoms with Gasteiger partial charge in [0.25, 0.3) is 0 Å². The van der Waals surface area contributed by atoms with Gasteiger partial charge >= 0.3 is 12.1 Å². The summed E-state index contributed by atoms with van der Waals surface area (Å²) < 4.78 is 33.7. The Kier molecular flexibility index (Phi) is 6.29. The summed E-state index contributed by atoms with van der Waals surface area (Å²) in [6.07, 6.45) is 2.30. The summed E-state index contributed by atoms with van der Waals surface area (Å²) in [5.74, 6) is -0.216. The van der Waals surface area contributed by atoms with E-state index in [1.54, 1.807) is 11.3 Å². The van der Waals surface area contributed by atoms with Crippen molar-refractivity contribution < 1.29 is 23.1 Å². The Morgan fingerprint density at radius 1 is 1.13 bits per heavy atom. The fraction of sp³-hybridized carbons (Fsp3) is 0.476. The summed E-state index contributed by atoms with van der Waals surface area (Å²) in [7, 11) is 0. The highest BCUT2D eigenvalue weighted by molar-refractivity contribution is 7.08. The number of halogens is 3. The number of nitrogens with zero attached hydrogens (tertiary/aromatic N) is 4. The van der Waals surface area contributed by atoms with Gasteiger partial charge in [-0.1, -0.05) is 0 Å². The van der Waals surface area contributed by atoms with Gasteiger partial charge in [-0.3, -0.25) is 0 Å². The maximum atomic E-state index is 10.6. The number of hydrogen-bond acceptors (Lipinski definition) is 5. The lowest BCUT2D eigenvalue weighted by atomic mass is 9.96. The number of piperidine rings is 1. The summed E-state index contributed by atoms with van der Waals surface area (Å²) in [5, 5.41) is 16.2. The number of thiophene rings is 1. The third-order valence-corrected chi connectivity index (χ3v) is 6.29. The minimum atomic E-state index is -5.08. The smallest absolute Gasteiger partial charge is 0.475 e. The lowest BCUT2D eigenvalue weighted by Crippen LogP contribution is -2.34. The highest BCUT2D eigenvalue weighted by Gasteiger charge is 2.38. The van der Waals surface area contributed by atoms with E-state index in [0.717, 1.165) is 17.4 Å². The summed E-state index contributed by atoms with van der Waals surface area (Å²) >= 11 is 1.73. The van der Waals surface area contributed by atoms with Gasteiger partial charge in [-0.05, 0) is 79.2 Å². The van der Waals surface area contributed by atoms with Crippen LogP contribution in [0.2, 0.25) is 0 Å². The Labute approximate surface area is 181 Å². The molecule has 0 atom stereocenters. The van der Waals surface area contributed by atoms with E-state index in [-0.39, 0.29) is 0 Å². The molecular formula is C21H23F3N4O2S. The average Bonchev–Trinajstić information content (AvgIpc) is 3.21. The quantitative estimate of drug-likeness (QED) is 0.622. The normalized spacial score (nSPS) is 18.0. The first-order chi connectivity index (χ1) is 14.8.